The minimum Gasteiger partial charge on any atom is -0.382 e. The van der Waals surface area contributed by atoms with E-state index in [-0.39, 0.29) is 6.04 Å². The van der Waals surface area contributed by atoms with E-state index in [0.29, 0.717) is 16.4 Å². The molecule has 6 nitrogen and oxygen atoms in total. The highest BCUT2D eigenvalue weighted by atomic mass is 35.5. The molecule has 33 heavy (non-hydrogen) atoms. The molecule has 0 amide bonds. The molecular weight excluding hydrogens is 434 g/mol. The number of hydrogen-bond acceptors (Lipinski definition) is 6. The normalized spacial score (nSPS) is 12.4. The van der Waals surface area contributed by atoms with Crippen molar-refractivity contribution in [3.05, 3.63) is 82.5 Å². The molecule has 2 aromatic carbocycles. The predicted molar refractivity (Wildman–Crippen MR) is 131 cm³/mol. The van der Waals surface area contributed by atoms with Gasteiger partial charge in [0.25, 0.3) is 0 Å². The predicted octanol–water partition coefficient (Wildman–Crippen LogP) is 5.93. The largest absolute Gasteiger partial charge is 0.382 e. The number of fused-ring (bicyclic) bond motifs is 1. The van der Waals surface area contributed by atoms with Crippen LogP contribution in [0.3, 0.4) is 0 Å². The summed E-state index contributed by atoms with van der Waals surface area (Å²) in [5.41, 5.74) is 4.55. The molecule has 4 aromatic rings. The summed E-state index contributed by atoms with van der Waals surface area (Å²) in [6.45, 7) is 7.21. The molecule has 0 saturated carbocycles. The molecule has 0 bridgehead atoms. The van der Waals surface area contributed by atoms with Crippen LogP contribution < -0.4 is 5.32 Å². The first-order valence-electron chi connectivity index (χ1n) is 10.6. The molecule has 7 heteroatoms. The second-order valence-electron chi connectivity index (χ2n) is 8.58. The minimum absolute atomic E-state index is 0.0844. The summed E-state index contributed by atoms with van der Waals surface area (Å²) in [6.07, 6.45) is 3.40. The van der Waals surface area contributed by atoms with E-state index in [1.807, 2.05) is 50.2 Å². The highest BCUT2D eigenvalue weighted by Crippen LogP contribution is 2.37. The molecule has 4 rings (SSSR count). The zero-order valence-electron chi connectivity index (χ0n) is 18.9. The number of hydrogen-bond donors (Lipinski definition) is 2. The van der Waals surface area contributed by atoms with Crippen LogP contribution in [-0.2, 0) is 5.60 Å². The maximum Gasteiger partial charge on any atom is 0.159 e. The molecule has 166 valence electrons. The number of halogens is 1. The summed E-state index contributed by atoms with van der Waals surface area (Å²) in [5.74, 6) is 0.364. The maximum atomic E-state index is 10.1. The molecule has 0 radical (unpaired) electrons. The molecule has 2 aromatic heterocycles. The van der Waals surface area contributed by atoms with Gasteiger partial charge in [0.15, 0.2) is 5.82 Å². The minimum atomic E-state index is -1.10. The lowest BCUT2D eigenvalue weighted by Gasteiger charge is -2.20. The number of aliphatic hydroxyl groups is 1. The van der Waals surface area contributed by atoms with Crippen molar-refractivity contribution in [2.24, 2.45) is 0 Å². The lowest BCUT2D eigenvalue weighted by molar-refractivity contribution is 0.0687. The average Bonchev–Trinajstić information content (AvgIpc) is 2.81. The van der Waals surface area contributed by atoms with Gasteiger partial charge >= 0.3 is 0 Å². The first-order valence-corrected chi connectivity index (χ1v) is 11.0. The van der Waals surface area contributed by atoms with Gasteiger partial charge < -0.3 is 10.4 Å². The van der Waals surface area contributed by atoms with Crippen molar-refractivity contribution in [3.8, 4) is 17.2 Å². The standard InChI is InChI=1S/C26H24ClN5O/c1-15(18-7-5-6-17(10-18)12-28)32-24-21-11-19(8-9-22(21)31-16(2)23(24)27)20-13-29-25(30-14-20)26(3,4)33/h5-11,13-15,33H,1-4H3,(H,31,32). The third-order valence-electron chi connectivity index (χ3n) is 5.50. The van der Waals surface area contributed by atoms with Gasteiger partial charge in [0, 0.05) is 29.4 Å². The number of aryl methyl sites for hydroxylation is 1. The van der Waals surface area contributed by atoms with E-state index in [1.54, 1.807) is 32.3 Å². The number of aromatic nitrogens is 3. The van der Waals surface area contributed by atoms with Gasteiger partial charge in [-0.2, -0.15) is 5.26 Å². The van der Waals surface area contributed by atoms with Gasteiger partial charge in [-0.05, 0) is 63.1 Å². The molecule has 0 saturated heterocycles. The molecule has 0 aliphatic heterocycles. The van der Waals surface area contributed by atoms with Crippen molar-refractivity contribution < 1.29 is 5.11 Å². The van der Waals surface area contributed by atoms with Crippen molar-refractivity contribution >= 4 is 28.2 Å². The number of nitrogens with one attached hydrogen (secondary N) is 1. The number of anilines is 1. The Labute approximate surface area is 197 Å². The molecular formula is C26H24ClN5O. The summed E-state index contributed by atoms with van der Waals surface area (Å²) in [7, 11) is 0. The Morgan fingerprint density at radius 3 is 2.48 bits per heavy atom. The number of rotatable bonds is 5. The van der Waals surface area contributed by atoms with Crippen LogP contribution in [0.1, 0.15) is 49.5 Å². The van der Waals surface area contributed by atoms with Crippen molar-refractivity contribution in [3.63, 3.8) is 0 Å². The zero-order chi connectivity index (χ0) is 23.8. The second-order valence-corrected chi connectivity index (χ2v) is 8.95. The molecule has 2 heterocycles. The highest BCUT2D eigenvalue weighted by Gasteiger charge is 2.20. The van der Waals surface area contributed by atoms with Crippen molar-refractivity contribution in [1.29, 1.82) is 5.26 Å². The van der Waals surface area contributed by atoms with Crippen LogP contribution in [-0.4, -0.2) is 20.1 Å². The van der Waals surface area contributed by atoms with Crippen LogP contribution in [0.4, 0.5) is 5.69 Å². The van der Waals surface area contributed by atoms with E-state index in [4.69, 9.17) is 11.6 Å². The van der Waals surface area contributed by atoms with Crippen LogP contribution in [0.25, 0.3) is 22.0 Å². The number of nitriles is 1. The van der Waals surface area contributed by atoms with Gasteiger partial charge in [-0.3, -0.25) is 4.98 Å². The summed E-state index contributed by atoms with van der Waals surface area (Å²) in [6, 6.07) is 15.5. The van der Waals surface area contributed by atoms with Crippen LogP contribution in [0.5, 0.6) is 0 Å². The van der Waals surface area contributed by atoms with Crippen molar-refractivity contribution in [2.75, 3.05) is 5.32 Å². The van der Waals surface area contributed by atoms with E-state index in [9.17, 15) is 10.4 Å². The molecule has 0 aliphatic rings. The molecule has 1 atom stereocenters. The summed E-state index contributed by atoms with van der Waals surface area (Å²) in [4.78, 5) is 13.3. The van der Waals surface area contributed by atoms with Gasteiger partial charge in [0.1, 0.15) is 5.60 Å². The molecule has 0 spiro atoms. The number of pyridine rings is 1. The Morgan fingerprint density at radius 2 is 1.82 bits per heavy atom. The molecule has 2 N–H and O–H groups in total. The first kappa shape index (κ1) is 22.7. The fraction of sp³-hybridized carbons (Fsp3) is 0.231. The van der Waals surface area contributed by atoms with Crippen LogP contribution in [0.15, 0.2) is 54.9 Å². The average molecular weight is 458 g/mol. The number of nitrogens with zero attached hydrogens (tertiary/aromatic N) is 4. The maximum absolute atomic E-state index is 10.1. The van der Waals surface area contributed by atoms with E-state index in [0.717, 1.165) is 39.0 Å². The lowest BCUT2D eigenvalue weighted by atomic mass is 10.0. The van der Waals surface area contributed by atoms with E-state index in [2.05, 4.69) is 26.3 Å². The van der Waals surface area contributed by atoms with Crippen molar-refractivity contribution in [2.45, 2.75) is 39.3 Å². The second kappa shape index (κ2) is 8.78. The van der Waals surface area contributed by atoms with E-state index in [1.165, 1.54) is 0 Å². The molecule has 0 aliphatic carbocycles. The first-order chi connectivity index (χ1) is 15.7. The third kappa shape index (κ3) is 4.65. The van der Waals surface area contributed by atoms with Gasteiger partial charge in [0.05, 0.1) is 33.6 Å². The van der Waals surface area contributed by atoms with E-state index >= 15 is 0 Å². The van der Waals surface area contributed by atoms with Gasteiger partial charge in [0.2, 0.25) is 0 Å². The Bertz CT molecular complexity index is 1370. The Balaban J connectivity index is 1.77. The quantitative estimate of drug-likeness (QED) is 0.386. The van der Waals surface area contributed by atoms with Crippen molar-refractivity contribution in [1.82, 2.24) is 15.0 Å². The highest BCUT2D eigenvalue weighted by molar-refractivity contribution is 6.35. The van der Waals surface area contributed by atoms with Gasteiger partial charge in [-0.1, -0.05) is 29.8 Å². The Morgan fingerprint density at radius 1 is 1.09 bits per heavy atom. The summed E-state index contributed by atoms with van der Waals surface area (Å²) in [5, 5.41) is 24.3. The number of benzene rings is 2. The summed E-state index contributed by atoms with van der Waals surface area (Å²) >= 11 is 6.70. The molecule has 1 unspecified atom stereocenters. The fourth-order valence-corrected chi connectivity index (χ4v) is 3.85. The molecule has 0 fully saturated rings. The Hall–Kier alpha value is -3.53. The smallest absolute Gasteiger partial charge is 0.159 e. The monoisotopic (exact) mass is 457 g/mol. The topological polar surface area (TPSA) is 94.7 Å². The van der Waals surface area contributed by atoms with Gasteiger partial charge in [-0.25, -0.2) is 9.97 Å². The van der Waals surface area contributed by atoms with Crippen LogP contribution >= 0.6 is 11.6 Å². The van der Waals surface area contributed by atoms with E-state index < -0.39 is 5.60 Å². The fourth-order valence-electron chi connectivity index (χ4n) is 3.65. The lowest BCUT2D eigenvalue weighted by Crippen LogP contribution is -2.19. The third-order valence-corrected chi connectivity index (χ3v) is 5.96. The van der Waals surface area contributed by atoms with Crippen LogP contribution in [0, 0.1) is 18.3 Å². The SMILES string of the molecule is Cc1nc2ccc(-c3cnc(C(C)(C)O)nc3)cc2c(NC(C)c2cccc(C#N)c2)c1Cl. The summed E-state index contributed by atoms with van der Waals surface area (Å²) < 4.78 is 0. The van der Waals surface area contributed by atoms with Gasteiger partial charge in [-0.15, -0.1) is 0 Å². The zero-order valence-corrected chi connectivity index (χ0v) is 19.6. The Kier molecular flexibility index (Phi) is 6.03. The van der Waals surface area contributed by atoms with Crippen LogP contribution in [0.2, 0.25) is 5.02 Å².